The molecule has 0 fully saturated rings. The second kappa shape index (κ2) is 5.74. The molecule has 0 unspecified atom stereocenters. The molecule has 0 spiro atoms. The molecule has 0 bridgehead atoms. The van der Waals surface area contributed by atoms with Gasteiger partial charge >= 0.3 is 0 Å². The number of nitrogens with two attached hydrogens (primary N) is 2. The molecule has 0 radical (unpaired) electrons. The van der Waals surface area contributed by atoms with E-state index in [0.717, 1.165) is 0 Å². The fourth-order valence-electron chi connectivity index (χ4n) is 1.62. The van der Waals surface area contributed by atoms with Gasteiger partial charge in [-0.1, -0.05) is 15.9 Å². The maximum absolute atomic E-state index is 12.0. The summed E-state index contributed by atoms with van der Waals surface area (Å²) in [6.45, 7) is -0.0420. The van der Waals surface area contributed by atoms with Crippen LogP contribution >= 0.6 is 15.9 Å². The van der Waals surface area contributed by atoms with Crippen molar-refractivity contribution in [1.29, 1.82) is 0 Å². The summed E-state index contributed by atoms with van der Waals surface area (Å²) in [5.41, 5.74) is 12.1. The lowest BCUT2D eigenvalue weighted by molar-refractivity contribution is -0.118. The van der Waals surface area contributed by atoms with Gasteiger partial charge in [0.1, 0.15) is 6.54 Å². The molecule has 0 aliphatic carbocycles. The largest absolute Gasteiger partial charge is 0.399 e. The average molecular weight is 338 g/mol. The van der Waals surface area contributed by atoms with Gasteiger partial charge in [-0.3, -0.25) is 14.3 Å². The van der Waals surface area contributed by atoms with E-state index in [9.17, 15) is 9.59 Å². The first-order chi connectivity index (χ1) is 9.44. The molecule has 5 N–H and O–H groups in total. The van der Waals surface area contributed by atoms with Crippen LogP contribution in [0.4, 0.5) is 11.4 Å². The maximum Gasteiger partial charge on any atom is 0.255 e. The highest BCUT2D eigenvalue weighted by atomic mass is 79.9. The number of rotatable bonds is 4. The molecule has 1 heterocycles. The minimum absolute atomic E-state index is 0.0420. The Balaban J connectivity index is 2.11. The van der Waals surface area contributed by atoms with Crippen molar-refractivity contribution >= 4 is 39.1 Å². The number of primary amides is 1. The van der Waals surface area contributed by atoms with Gasteiger partial charge in [0.25, 0.3) is 5.91 Å². The Morgan fingerprint density at radius 1 is 1.35 bits per heavy atom. The van der Waals surface area contributed by atoms with Crippen LogP contribution < -0.4 is 16.8 Å². The summed E-state index contributed by atoms with van der Waals surface area (Å²) in [5, 5.41) is 6.56. The van der Waals surface area contributed by atoms with Crippen LogP contribution in [0.3, 0.4) is 0 Å². The number of nitrogens with one attached hydrogen (secondary N) is 1. The van der Waals surface area contributed by atoms with Gasteiger partial charge in [0.15, 0.2) is 0 Å². The van der Waals surface area contributed by atoms with E-state index in [2.05, 4.69) is 26.3 Å². The van der Waals surface area contributed by atoms with Gasteiger partial charge in [-0.25, -0.2) is 0 Å². The van der Waals surface area contributed by atoms with Crippen LogP contribution in [0, 0.1) is 0 Å². The van der Waals surface area contributed by atoms with Gasteiger partial charge in [0, 0.05) is 21.9 Å². The van der Waals surface area contributed by atoms with Crippen LogP contribution in [0.2, 0.25) is 0 Å². The van der Waals surface area contributed by atoms with Gasteiger partial charge in [-0.15, -0.1) is 0 Å². The van der Waals surface area contributed by atoms with E-state index in [-0.39, 0.29) is 12.5 Å². The highest BCUT2D eigenvalue weighted by molar-refractivity contribution is 9.10. The fourth-order valence-corrected chi connectivity index (χ4v) is 2.13. The van der Waals surface area contributed by atoms with E-state index < -0.39 is 5.91 Å². The van der Waals surface area contributed by atoms with Gasteiger partial charge in [0.2, 0.25) is 5.91 Å². The van der Waals surface area contributed by atoms with Crippen LogP contribution in [0.25, 0.3) is 0 Å². The molecule has 0 saturated heterocycles. The first kappa shape index (κ1) is 14.1. The smallest absolute Gasteiger partial charge is 0.255 e. The third-order valence-corrected chi connectivity index (χ3v) is 2.85. The van der Waals surface area contributed by atoms with Crippen LogP contribution in [-0.2, 0) is 11.3 Å². The van der Waals surface area contributed by atoms with E-state index in [0.29, 0.717) is 21.4 Å². The summed E-state index contributed by atoms with van der Waals surface area (Å²) in [5.74, 6) is -0.831. The third-order valence-electron chi connectivity index (χ3n) is 2.39. The predicted molar refractivity (Wildman–Crippen MR) is 77.9 cm³/mol. The molecule has 0 saturated carbocycles. The number of carbonyl (C=O) groups is 2. The number of nitrogens with zero attached hydrogens (tertiary/aromatic N) is 2. The number of carbonyl (C=O) groups excluding carboxylic acids is 2. The Hall–Kier alpha value is -2.35. The fraction of sp³-hybridized carbons (Fsp3) is 0.0833. The van der Waals surface area contributed by atoms with Crippen molar-refractivity contribution in [2.24, 2.45) is 5.73 Å². The zero-order valence-corrected chi connectivity index (χ0v) is 11.9. The second-order valence-electron chi connectivity index (χ2n) is 4.12. The van der Waals surface area contributed by atoms with Gasteiger partial charge in [-0.05, 0) is 18.2 Å². The quantitative estimate of drug-likeness (QED) is 0.720. The molecule has 1 aromatic heterocycles. The predicted octanol–water partition coefficient (Wildman–Crippen LogP) is 0.965. The lowest BCUT2D eigenvalue weighted by atomic mass is 10.2. The number of hydrogen-bond acceptors (Lipinski definition) is 4. The Bertz CT molecular complexity index is 647. The standard InChI is InChI=1S/C12H12BrN5O2/c13-8-1-7(2-9(14)3-8)12(20)17-10-4-16-18(5-10)6-11(15)19/h1-5H,6,14H2,(H2,15,19)(H,17,20). The first-order valence-corrected chi connectivity index (χ1v) is 6.41. The number of hydrogen-bond donors (Lipinski definition) is 3. The average Bonchev–Trinajstić information content (AvgIpc) is 2.74. The topological polar surface area (TPSA) is 116 Å². The molecular weight excluding hydrogens is 326 g/mol. The molecule has 0 aliphatic heterocycles. The number of aromatic nitrogens is 2. The Morgan fingerprint density at radius 3 is 2.75 bits per heavy atom. The zero-order valence-electron chi connectivity index (χ0n) is 10.3. The molecule has 0 aliphatic rings. The van der Waals surface area contributed by atoms with E-state index >= 15 is 0 Å². The second-order valence-corrected chi connectivity index (χ2v) is 5.04. The van der Waals surface area contributed by atoms with Gasteiger partial charge < -0.3 is 16.8 Å². The number of benzene rings is 1. The van der Waals surface area contributed by atoms with E-state index in [1.807, 2.05) is 0 Å². The molecule has 104 valence electrons. The lowest BCUT2D eigenvalue weighted by Gasteiger charge is -2.04. The minimum Gasteiger partial charge on any atom is -0.399 e. The molecule has 7 nitrogen and oxygen atoms in total. The summed E-state index contributed by atoms with van der Waals surface area (Å²) in [6, 6.07) is 4.91. The number of amides is 2. The molecule has 2 amide bonds. The van der Waals surface area contributed by atoms with Crippen molar-refractivity contribution in [3.8, 4) is 0 Å². The summed E-state index contributed by atoms with van der Waals surface area (Å²) in [7, 11) is 0. The summed E-state index contributed by atoms with van der Waals surface area (Å²) >= 11 is 3.27. The van der Waals surface area contributed by atoms with Crippen LogP contribution in [0.15, 0.2) is 35.1 Å². The molecule has 20 heavy (non-hydrogen) atoms. The monoisotopic (exact) mass is 337 g/mol. The van der Waals surface area contributed by atoms with Crippen molar-refractivity contribution in [2.45, 2.75) is 6.54 Å². The molecular formula is C12H12BrN5O2. The summed E-state index contributed by atoms with van der Waals surface area (Å²) < 4.78 is 2.06. The first-order valence-electron chi connectivity index (χ1n) is 5.62. The highest BCUT2D eigenvalue weighted by Crippen LogP contribution is 2.18. The number of halogens is 1. The summed E-state index contributed by atoms with van der Waals surface area (Å²) in [4.78, 5) is 22.8. The van der Waals surface area contributed by atoms with Crippen LogP contribution in [0.5, 0.6) is 0 Å². The van der Waals surface area contributed by atoms with Crippen molar-refractivity contribution in [3.63, 3.8) is 0 Å². The van der Waals surface area contributed by atoms with Crippen molar-refractivity contribution in [2.75, 3.05) is 11.1 Å². The van der Waals surface area contributed by atoms with E-state index in [1.165, 1.54) is 17.1 Å². The molecule has 0 atom stereocenters. The highest BCUT2D eigenvalue weighted by Gasteiger charge is 2.09. The van der Waals surface area contributed by atoms with Crippen molar-refractivity contribution in [3.05, 3.63) is 40.6 Å². The number of nitrogen functional groups attached to an aromatic ring is 1. The zero-order chi connectivity index (χ0) is 14.7. The Labute approximate surface area is 123 Å². The van der Waals surface area contributed by atoms with Crippen LogP contribution in [0.1, 0.15) is 10.4 Å². The third kappa shape index (κ3) is 3.58. The molecule has 2 aromatic rings. The number of anilines is 2. The van der Waals surface area contributed by atoms with E-state index in [4.69, 9.17) is 11.5 Å². The van der Waals surface area contributed by atoms with Crippen LogP contribution in [-0.4, -0.2) is 21.6 Å². The SMILES string of the molecule is NC(=O)Cn1cc(NC(=O)c2cc(N)cc(Br)c2)cn1. The van der Waals surface area contributed by atoms with E-state index in [1.54, 1.807) is 18.2 Å². The van der Waals surface area contributed by atoms with Crippen molar-refractivity contribution in [1.82, 2.24) is 9.78 Å². The van der Waals surface area contributed by atoms with Gasteiger partial charge in [-0.2, -0.15) is 5.10 Å². The molecule has 2 rings (SSSR count). The lowest BCUT2D eigenvalue weighted by Crippen LogP contribution is -2.18. The Morgan fingerprint density at radius 2 is 2.10 bits per heavy atom. The summed E-state index contributed by atoms with van der Waals surface area (Å²) in [6.07, 6.45) is 2.95. The van der Waals surface area contributed by atoms with Gasteiger partial charge in [0.05, 0.1) is 11.9 Å². The van der Waals surface area contributed by atoms with Crippen molar-refractivity contribution < 1.29 is 9.59 Å². The Kier molecular flexibility index (Phi) is 4.04. The maximum atomic E-state index is 12.0. The molecule has 8 heteroatoms. The normalized spacial score (nSPS) is 10.2. The molecule has 1 aromatic carbocycles. The minimum atomic E-state index is -0.509.